The molecule has 2 fully saturated rings. The predicted molar refractivity (Wildman–Crippen MR) is 120 cm³/mol. The van der Waals surface area contributed by atoms with Crippen molar-refractivity contribution in [1.82, 2.24) is 9.80 Å². The van der Waals surface area contributed by atoms with Crippen LogP contribution < -0.4 is 0 Å². The second-order valence-electron chi connectivity index (χ2n) is 9.55. The van der Waals surface area contributed by atoms with Crippen LogP contribution in [0.4, 0.5) is 30.7 Å². The van der Waals surface area contributed by atoms with Crippen LogP contribution in [-0.4, -0.2) is 40.7 Å². The van der Waals surface area contributed by atoms with E-state index in [2.05, 4.69) is 0 Å². The van der Waals surface area contributed by atoms with Crippen molar-refractivity contribution in [3.8, 4) is 0 Å². The minimum absolute atomic E-state index is 0.0873. The number of hydrogen-bond donors (Lipinski definition) is 0. The van der Waals surface area contributed by atoms with Gasteiger partial charge in [0, 0.05) is 38.0 Å². The van der Waals surface area contributed by atoms with E-state index in [9.17, 15) is 40.3 Å². The van der Waals surface area contributed by atoms with Crippen LogP contribution in [0.1, 0.15) is 59.5 Å². The van der Waals surface area contributed by atoms with Gasteiger partial charge < -0.3 is 0 Å². The molecule has 0 saturated carbocycles. The summed E-state index contributed by atoms with van der Waals surface area (Å²) in [6, 6.07) is 4.95. The summed E-state index contributed by atoms with van der Waals surface area (Å²) < 4.78 is 93.4. The summed E-state index contributed by atoms with van der Waals surface area (Å²) in [4.78, 5) is 27.8. The molecule has 2 aromatic rings. The van der Waals surface area contributed by atoms with Crippen molar-refractivity contribution in [3.63, 3.8) is 0 Å². The SMILES string of the molecule is Cc1cc(F)ccc1[C@H]1C[C@@H](N2C(=O)CCC2=O)CCN1CCc1cc(C(F)(F)F)cc(C(F)(F)F)c1. The number of imide groups is 1. The maximum atomic E-state index is 13.8. The molecule has 0 radical (unpaired) electrons. The molecule has 2 aromatic carbocycles. The number of carbonyl (C=O) groups excluding carboxylic acids is 2. The molecule has 4 rings (SSSR count). The maximum absolute atomic E-state index is 13.8. The lowest BCUT2D eigenvalue weighted by Gasteiger charge is -2.42. The number of halogens is 7. The topological polar surface area (TPSA) is 40.6 Å². The molecule has 2 amide bonds. The standard InChI is InChI=1S/C26H25F7N2O2/c1-15-10-19(27)2-3-21(15)22-14-20(35-23(36)4-5-24(35)37)7-9-34(22)8-6-16-11-17(25(28,29)30)13-18(12-16)26(31,32)33/h2-3,10-13,20,22H,4-9,14H2,1H3/t20-,22+/m0/s1. The van der Waals surface area contributed by atoms with Gasteiger partial charge in [-0.2, -0.15) is 26.3 Å². The molecule has 0 unspecified atom stereocenters. The molecule has 2 saturated heterocycles. The number of alkyl halides is 6. The second kappa shape index (κ2) is 10.1. The van der Waals surface area contributed by atoms with Crippen LogP contribution in [-0.2, 0) is 28.4 Å². The molecule has 37 heavy (non-hydrogen) atoms. The van der Waals surface area contributed by atoms with Crippen LogP contribution in [0, 0.1) is 12.7 Å². The maximum Gasteiger partial charge on any atom is 0.416 e. The molecule has 2 aliphatic heterocycles. The molecule has 0 bridgehead atoms. The minimum Gasteiger partial charge on any atom is -0.296 e. The predicted octanol–water partition coefficient (Wildman–Crippen LogP) is 6.07. The Labute approximate surface area is 209 Å². The second-order valence-corrected chi connectivity index (χ2v) is 9.55. The molecule has 4 nitrogen and oxygen atoms in total. The zero-order valence-corrected chi connectivity index (χ0v) is 19.9. The van der Waals surface area contributed by atoms with E-state index in [1.807, 2.05) is 4.90 Å². The first-order chi connectivity index (χ1) is 17.2. The summed E-state index contributed by atoms with van der Waals surface area (Å²) in [6.45, 7) is 2.19. The van der Waals surface area contributed by atoms with E-state index in [1.165, 1.54) is 17.0 Å². The lowest BCUT2D eigenvalue weighted by Crippen LogP contribution is -2.48. The van der Waals surface area contributed by atoms with Gasteiger partial charge in [-0.25, -0.2) is 4.39 Å². The summed E-state index contributed by atoms with van der Waals surface area (Å²) in [5.74, 6) is -0.975. The number of likely N-dealkylation sites (tertiary alicyclic amines) is 2. The average molecular weight is 530 g/mol. The van der Waals surface area contributed by atoms with Crippen molar-refractivity contribution in [3.05, 3.63) is 70.0 Å². The number of benzene rings is 2. The summed E-state index contributed by atoms with van der Waals surface area (Å²) in [5.41, 5.74) is -1.50. The molecule has 0 aliphatic carbocycles. The van der Waals surface area contributed by atoms with Crippen LogP contribution in [0.2, 0.25) is 0 Å². The van der Waals surface area contributed by atoms with Gasteiger partial charge in [0.1, 0.15) is 5.82 Å². The van der Waals surface area contributed by atoms with E-state index in [1.54, 1.807) is 13.0 Å². The lowest BCUT2D eigenvalue weighted by molar-refractivity contribution is -0.144. The third-order valence-corrected chi connectivity index (χ3v) is 7.07. The normalized spacial score (nSPS) is 21.7. The number of aryl methyl sites for hydroxylation is 1. The molecule has 0 aromatic heterocycles. The fourth-order valence-corrected chi connectivity index (χ4v) is 5.27. The molecule has 2 aliphatic rings. The highest BCUT2D eigenvalue weighted by Crippen LogP contribution is 2.38. The van der Waals surface area contributed by atoms with Crippen molar-refractivity contribution in [2.75, 3.05) is 13.1 Å². The monoisotopic (exact) mass is 530 g/mol. The molecular weight excluding hydrogens is 505 g/mol. The Morgan fingerprint density at radius 2 is 1.49 bits per heavy atom. The van der Waals surface area contributed by atoms with E-state index in [-0.39, 0.29) is 49.3 Å². The van der Waals surface area contributed by atoms with Crippen molar-refractivity contribution < 1.29 is 40.3 Å². The van der Waals surface area contributed by atoms with Gasteiger partial charge >= 0.3 is 12.4 Å². The van der Waals surface area contributed by atoms with Crippen LogP contribution in [0.15, 0.2) is 36.4 Å². The van der Waals surface area contributed by atoms with Gasteiger partial charge in [0.15, 0.2) is 0 Å². The Bertz CT molecular complexity index is 1140. The van der Waals surface area contributed by atoms with Crippen molar-refractivity contribution in [1.29, 1.82) is 0 Å². The zero-order chi connectivity index (χ0) is 27.1. The number of amides is 2. The Balaban J connectivity index is 1.61. The number of piperidine rings is 1. The lowest BCUT2D eigenvalue weighted by atomic mass is 9.88. The van der Waals surface area contributed by atoms with Crippen molar-refractivity contribution in [2.24, 2.45) is 0 Å². The molecule has 200 valence electrons. The molecule has 0 N–H and O–H groups in total. The van der Waals surface area contributed by atoms with Crippen molar-refractivity contribution in [2.45, 2.75) is 63.5 Å². The fourth-order valence-electron chi connectivity index (χ4n) is 5.27. The Morgan fingerprint density at radius 1 is 0.892 bits per heavy atom. The summed E-state index contributed by atoms with van der Waals surface area (Å²) >= 11 is 0. The number of nitrogens with zero attached hydrogens (tertiary/aromatic N) is 2. The number of hydrogen-bond acceptors (Lipinski definition) is 3. The van der Waals surface area contributed by atoms with Crippen molar-refractivity contribution >= 4 is 11.8 Å². The van der Waals surface area contributed by atoms with Crippen LogP contribution in [0.25, 0.3) is 0 Å². The largest absolute Gasteiger partial charge is 0.416 e. The Hall–Kier alpha value is -2.95. The highest BCUT2D eigenvalue weighted by Gasteiger charge is 2.41. The molecular formula is C26H25F7N2O2. The Morgan fingerprint density at radius 3 is 2.03 bits per heavy atom. The minimum atomic E-state index is -4.93. The fraction of sp³-hybridized carbons (Fsp3) is 0.462. The summed E-state index contributed by atoms with van der Waals surface area (Å²) in [7, 11) is 0. The first-order valence-corrected chi connectivity index (χ1v) is 11.9. The highest BCUT2D eigenvalue weighted by molar-refractivity contribution is 6.02. The smallest absolute Gasteiger partial charge is 0.296 e. The average Bonchev–Trinajstić information content (AvgIpc) is 3.14. The molecule has 11 heteroatoms. The molecule has 2 atom stereocenters. The van der Waals surface area contributed by atoms with Gasteiger partial charge in [-0.15, -0.1) is 0 Å². The third-order valence-electron chi connectivity index (χ3n) is 7.07. The van der Waals surface area contributed by atoms with Gasteiger partial charge in [0.25, 0.3) is 0 Å². The number of carbonyl (C=O) groups is 2. The van der Waals surface area contributed by atoms with Gasteiger partial charge in [-0.1, -0.05) is 6.07 Å². The van der Waals surface area contributed by atoms with Gasteiger partial charge in [0.2, 0.25) is 11.8 Å². The van der Waals surface area contributed by atoms with E-state index in [4.69, 9.17) is 0 Å². The summed E-state index contributed by atoms with van der Waals surface area (Å²) in [6.07, 6.45) is -8.93. The third kappa shape index (κ3) is 5.97. The molecule has 2 heterocycles. The number of rotatable bonds is 5. The van der Waals surface area contributed by atoms with E-state index < -0.39 is 41.4 Å². The van der Waals surface area contributed by atoms with Gasteiger partial charge in [0.05, 0.1) is 11.1 Å². The van der Waals surface area contributed by atoms with Crippen LogP contribution in [0.5, 0.6) is 0 Å². The van der Waals surface area contributed by atoms with Crippen LogP contribution >= 0.6 is 0 Å². The Kier molecular flexibility index (Phi) is 7.38. The zero-order valence-electron chi connectivity index (χ0n) is 19.9. The van der Waals surface area contributed by atoms with E-state index in [0.717, 1.165) is 17.7 Å². The quantitative estimate of drug-likeness (QED) is 0.348. The summed E-state index contributed by atoms with van der Waals surface area (Å²) in [5, 5.41) is 0. The molecule has 0 spiro atoms. The highest BCUT2D eigenvalue weighted by atomic mass is 19.4. The van der Waals surface area contributed by atoms with E-state index >= 15 is 0 Å². The van der Waals surface area contributed by atoms with E-state index in [0.29, 0.717) is 24.9 Å². The van der Waals surface area contributed by atoms with Gasteiger partial charge in [-0.05, 0) is 73.2 Å². The first-order valence-electron chi connectivity index (χ1n) is 11.9. The van der Waals surface area contributed by atoms with Crippen LogP contribution in [0.3, 0.4) is 0 Å². The van der Waals surface area contributed by atoms with Gasteiger partial charge in [-0.3, -0.25) is 19.4 Å². The first kappa shape index (κ1) is 27.1.